The minimum atomic E-state index is -0.107. The first-order chi connectivity index (χ1) is 11.3. The van der Waals surface area contributed by atoms with E-state index in [1.165, 1.54) is 11.8 Å². The van der Waals surface area contributed by atoms with Crippen LogP contribution in [-0.2, 0) is 11.2 Å². The summed E-state index contributed by atoms with van der Waals surface area (Å²) in [6, 6.07) is 6.04. The van der Waals surface area contributed by atoms with Crippen LogP contribution >= 0.6 is 11.8 Å². The first-order valence-electron chi connectivity index (χ1n) is 8.07. The molecule has 0 spiro atoms. The van der Waals surface area contributed by atoms with Crippen molar-refractivity contribution < 1.29 is 4.79 Å². The molecule has 0 saturated carbocycles. The van der Waals surface area contributed by atoms with Gasteiger partial charge in [-0.2, -0.15) is 5.26 Å². The number of thioether (sulfide) groups is 1. The molecule has 2 heterocycles. The summed E-state index contributed by atoms with van der Waals surface area (Å²) in [5.41, 5.74) is 1.07. The van der Waals surface area contributed by atoms with Crippen LogP contribution in [0.2, 0.25) is 0 Å². The predicted octanol–water partition coefficient (Wildman–Crippen LogP) is 3.08. The van der Waals surface area contributed by atoms with Crippen molar-refractivity contribution in [2.24, 2.45) is 4.99 Å². The van der Waals surface area contributed by atoms with Gasteiger partial charge in [-0.3, -0.25) is 14.8 Å². The summed E-state index contributed by atoms with van der Waals surface area (Å²) in [6.07, 6.45) is 10.3. The Hall–Kier alpha value is -1.87. The zero-order valence-electron chi connectivity index (χ0n) is 13.2. The second-order valence-electron chi connectivity index (χ2n) is 5.52. The molecule has 23 heavy (non-hydrogen) atoms. The Morgan fingerprint density at radius 1 is 1.30 bits per heavy atom. The van der Waals surface area contributed by atoms with Gasteiger partial charge in [0, 0.05) is 25.4 Å². The van der Waals surface area contributed by atoms with Crippen molar-refractivity contribution in [2.75, 3.05) is 6.54 Å². The standard InChI is InChI=1S/C17H22N4OS/c18-9-5-3-1-2-4-6-11-20-17-21-16(22)15(23-17)12-14-8-7-10-19-13-14/h7-8,10,13,15H,1-6,11-12H2,(H,20,21,22). The summed E-state index contributed by atoms with van der Waals surface area (Å²) >= 11 is 1.51. The van der Waals surface area contributed by atoms with Gasteiger partial charge in [0.05, 0.1) is 11.3 Å². The van der Waals surface area contributed by atoms with Gasteiger partial charge in [0.25, 0.3) is 0 Å². The first kappa shape index (κ1) is 17.5. The van der Waals surface area contributed by atoms with Crippen molar-refractivity contribution in [3.63, 3.8) is 0 Å². The number of hydrogen-bond acceptors (Lipinski definition) is 5. The second-order valence-corrected chi connectivity index (χ2v) is 6.72. The van der Waals surface area contributed by atoms with E-state index in [0.717, 1.165) is 49.4 Å². The van der Waals surface area contributed by atoms with E-state index < -0.39 is 0 Å². The molecule has 1 unspecified atom stereocenters. The number of aliphatic imine (C=N–C) groups is 1. The van der Waals surface area contributed by atoms with Crippen molar-refractivity contribution in [3.05, 3.63) is 30.1 Å². The van der Waals surface area contributed by atoms with Crippen LogP contribution in [0, 0.1) is 11.3 Å². The normalized spacial score (nSPS) is 18.8. The molecule has 0 aromatic carbocycles. The lowest BCUT2D eigenvalue weighted by Crippen LogP contribution is -2.26. The van der Waals surface area contributed by atoms with Crippen molar-refractivity contribution >= 4 is 22.8 Å². The van der Waals surface area contributed by atoms with E-state index in [1.54, 1.807) is 12.4 Å². The van der Waals surface area contributed by atoms with Crippen LogP contribution in [0.5, 0.6) is 0 Å². The molecule has 1 aromatic heterocycles. The topological polar surface area (TPSA) is 78.1 Å². The molecule has 122 valence electrons. The molecular formula is C17H22N4OS. The van der Waals surface area contributed by atoms with E-state index in [9.17, 15) is 4.79 Å². The van der Waals surface area contributed by atoms with Crippen LogP contribution in [0.1, 0.15) is 44.1 Å². The molecule has 1 atom stereocenters. The fourth-order valence-electron chi connectivity index (χ4n) is 2.37. The third kappa shape index (κ3) is 6.41. The number of rotatable bonds is 9. The number of carbonyl (C=O) groups excluding carboxylic acids is 1. The maximum atomic E-state index is 12.0. The number of carbonyl (C=O) groups is 1. The van der Waals surface area contributed by atoms with E-state index in [2.05, 4.69) is 21.4 Å². The fourth-order valence-corrected chi connectivity index (χ4v) is 3.41. The number of nitriles is 1. The molecule has 1 aliphatic rings. The largest absolute Gasteiger partial charge is 0.304 e. The molecule has 6 heteroatoms. The van der Waals surface area contributed by atoms with E-state index >= 15 is 0 Å². The van der Waals surface area contributed by atoms with E-state index in [4.69, 9.17) is 5.26 Å². The monoisotopic (exact) mass is 330 g/mol. The molecule has 1 aliphatic heterocycles. The van der Waals surface area contributed by atoms with Crippen molar-refractivity contribution in [2.45, 2.75) is 50.2 Å². The molecule has 2 rings (SSSR count). The Morgan fingerprint density at radius 2 is 2.13 bits per heavy atom. The third-order valence-electron chi connectivity index (χ3n) is 3.62. The number of aromatic nitrogens is 1. The summed E-state index contributed by atoms with van der Waals surface area (Å²) < 4.78 is 0. The molecule has 0 bridgehead atoms. The number of pyridine rings is 1. The highest BCUT2D eigenvalue weighted by Crippen LogP contribution is 2.23. The summed E-state index contributed by atoms with van der Waals surface area (Å²) in [4.78, 5) is 20.5. The Bertz CT molecular complexity index is 568. The Kier molecular flexibility index (Phi) is 7.61. The maximum absolute atomic E-state index is 12.0. The van der Waals surface area contributed by atoms with Gasteiger partial charge in [0.1, 0.15) is 0 Å². The van der Waals surface area contributed by atoms with Crippen LogP contribution in [-0.4, -0.2) is 27.9 Å². The zero-order chi connectivity index (χ0) is 16.3. The Morgan fingerprint density at radius 3 is 2.91 bits per heavy atom. The highest BCUT2D eigenvalue weighted by molar-refractivity contribution is 8.15. The lowest BCUT2D eigenvalue weighted by molar-refractivity contribution is -0.118. The van der Waals surface area contributed by atoms with Gasteiger partial charge in [-0.25, -0.2) is 0 Å². The van der Waals surface area contributed by atoms with Gasteiger partial charge in [0.2, 0.25) is 5.91 Å². The third-order valence-corrected chi connectivity index (χ3v) is 4.74. The molecule has 1 N–H and O–H groups in total. The van der Waals surface area contributed by atoms with Gasteiger partial charge in [-0.05, 0) is 30.9 Å². The lowest BCUT2D eigenvalue weighted by atomic mass is 10.1. The highest BCUT2D eigenvalue weighted by Gasteiger charge is 2.29. The molecule has 0 aliphatic carbocycles. The molecule has 1 aromatic rings. The Balaban J connectivity index is 1.65. The van der Waals surface area contributed by atoms with E-state index in [-0.39, 0.29) is 11.2 Å². The number of amidine groups is 1. The summed E-state index contributed by atoms with van der Waals surface area (Å²) in [5, 5.41) is 12.0. The van der Waals surface area contributed by atoms with Crippen molar-refractivity contribution in [1.82, 2.24) is 10.3 Å². The number of nitrogens with zero attached hydrogens (tertiary/aromatic N) is 3. The van der Waals surface area contributed by atoms with Crippen LogP contribution in [0.15, 0.2) is 29.5 Å². The van der Waals surface area contributed by atoms with Crippen LogP contribution in [0.4, 0.5) is 0 Å². The van der Waals surface area contributed by atoms with Crippen molar-refractivity contribution in [1.29, 1.82) is 5.26 Å². The van der Waals surface area contributed by atoms with Crippen LogP contribution < -0.4 is 5.32 Å². The fraction of sp³-hybridized carbons (Fsp3) is 0.529. The summed E-state index contributed by atoms with van der Waals surface area (Å²) in [7, 11) is 0. The van der Waals surface area contributed by atoms with Crippen molar-refractivity contribution in [3.8, 4) is 6.07 Å². The second kappa shape index (κ2) is 10.0. The van der Waals surface area contributed by atoms with Crippen LogP contribution in [0.25, 0.3) is 0 Å². The average Bonchev–Trinajstić information content (AvgIpc) is 2.91. The molecule has 1 fully saturated rings. The first-order valence-corrected chi connectivity index (χ1v) is 8.95. The minimum absolute atomic E-state index is 0.0362. The molecule has 1 amide bonds. The predicted molar refractivity (Wildman–Crippen MR) is 93.1 cm³/mol. The minimum Gasteiger partial charge on any atom is -0.304 e. The van der Waals surface area contributed by atoms with E-state index in [1.807, 2.05) is 12.1 Å². The van der Waals surface area contributed by atoms with Gasteiger partial charge in [-0.1, -0.05) is 37.1 Å². The van der Waals surface area contributed by atoms with Crippen LogP contribution in [0.3, 0.4) is 0 Å². The van der Waals surface area contributed by atoms with Gasteiger partial charge in [0.15, 0.2) is 5.17 Å². The van der Waals surface area contributed by atoms with E-state index in [0.29, 0.717) is 12.8 Å². The number of unbranched alkanes of at least 4 members (excludes halogenated alkanes) is 5. The molecule has 1 saturated heterocycles. The molecular weight excluding hydrogens is 308 g/mol. The lowest BCUT2D eigenvalue weighted by Gasteiger charge is -2.04. The summed E-state index contributed by atoms with van der Waals surface area (Å²) in [5.74, 6) is 0.0362. The zero-order valence-corrected chi connectivity index (χ0v) is 14.0. The summed E-state index contributed by atoms with van der Waals surface area (Å²) in [6.45, 7) is 0.750. The SMILES string of the molecule is N#CCCCCCCCN=C1NC(=O)C(Cc2cccnc2)S1. The van der Waals surface area contributed by atoms with Gasteiger partial charge >= 0.3 is 0 Å². The highest BCUT2D eigenvalue weighted by atomic mass is 32.2. The average molecular weight is 330 g/mol. The molecule has 0 radical (unpaired) electrons. The maximum Gasteiger partial charge on any atom is 0.239 e. The quantitative estimate of drug-likeness (QED) is 0.706. The van der Waals surface area contributed by atoms with Gasteiger partial charge in [-0.15, -0.1) is 0 Å². The Labute approximate surface area is 141 Å². The number of hydrogen-bond donors (Lipinski definition) is 1. The smallest absolute Gasteiger partial charge is 0.239 e. The molecule has 5 nitrogen and oxygen atoms in total. The number of nitrogens with one attached hydrogen (secondary N) is 1. The van der Waals surface area contributed by atoms with Gasteiger partial charge < -0.3 is 5.32 Å². The number of amides is 1.